The smallest absolute Gasteiger partial charge is 0.295 e. The third-order valence-corrected chi connectivity index (χ3v) is 2.88. The van der Waals surface area contributed by atoms with Gasteiger partial charge in [0, 0.05) is 19.6 Å². The van der Waals surface area contributed by atoms with E-state index in [1.54, 1.807) is 4.90 Å². The summed E-state index contributed by atoms with van der Waals surface area (Å²) >= 11 is 0. The van der Waals surface area contributed by atoms with Crippen LogP contribution in [0.5, 0.6) is 0 Å². The van der Waals surface area contributed by atoms with E-state index in [9.17, 15) is 14.5 Å². The summed E-state index contributed by atoms with van der Waals surface area (Å²) < 4.78 is 18.4. The first-order valence-corrected chi connectivity index (χ1v) is 5.62. The van der Waals surface area contributed by atoms with Gasteiger partial charge in [0.15, 0.2) is 0 Å². The van der Waals surface area contributed by atoms with E-state index >= 15 is 0 Å². The summed E-state index contributed by atoms with van der Waals surface area (Å²) in [6.07, 6.45) is -0.150. The number of morpholine rings is 1. The van der Waals surface area contributed by atoms with E-state index in [0.29, 0.717) is 31.9 Å². The van der Waals surface area contributed by atoms with Crippen molar-refractivity contribution in [1.82, 2.24) is 0 Å². The van der Waals surface area contributed by atoms with E-state index in [0.717, 1.165) is 6.07 Å². The van der Waals surface area contributed by atoms with E-state index in [1.807, 2.05) is 0 Å². The quantitative estimate of drug-likeness (QED) is 0.641. The van der Waals surface area contributed by atoms with Crippen LogP contribution < -0.4 is 10.6 Å². The fraction of sp³-hybridized carbons (Fsp3) is 0.455. The number of rotatable bonds is 3. The summed E-state index contributed by atoms with van der Waals surface area (Å²) in [7, 11) is 0. The highest BCUT2D eigenvalue weighted by Gasteiger charge is 2.25. The largest absolute Gasteiger partial charge is 0.373 e. The topological polar surface area (TPSA) is 81.6 Å². The van der Waals surface area contributed by atoms with Crippen LogP contribution in [0.3, 0.4) is 0 Å². The second-order valence-electron chi connectivity index (χ2n) is 4.06. The van der Waals surface area contributed by atoms with Gasteiger partial charge in [-0.2, -0.15) is 0 Å². The molecule has 6 nitrogen and oxygen atoms in total. The second kappa shape index (κ2) is 5.28. The Kier molecular flexibility index (Phi) is 3.73. The third-order valence-electron chi connectivity index (χ3n) is 2.88. The number of halogens is 1. The zero-order chi connectivity index (χ0) is 13.1. The molecule has 0 aliphatic carbocycles. The summed E-state index contributed by atoms with van der Waals surface area (Å²) in [5, 5.41) is 10.9. The van der Waals surface area contributed by atoms with Gasteiger partial charge in [-0.25, -0.2) is 4.39 Å². The van der Waals surface area contributed by atoms with Crippen molar-refractivity contribution in [3.63, 3.8) is 0 Å². The van der Waals surface area contributed by atoms with Crippen LogP contribution in [-0.4, -0.2) is 37.3 Å². The normalized spacial score (nSPS) is 19.9. The molecule has 1 unspecified atom stereocenters. The Morgan fingerprint density at radius 2 is 2.39 bits per heavy atom. The highest BCUT2D eigenvalue weighted by Crippen LogP contribution is 2.29. The van der Waals surface area contributed by atoms with Crippen LogP contribution in [0.1, 0.15) is 0 Å². The maximum atomic E-state index is 13.0. The molecule has 0 aromatic heterocycles. The Bertz CT molecular complexity index is 455. The minimum atomic E-state index is -0.617. The SMILES string of the molecule is NCC1CN(c2ccc(F)cc2[N+](=O)[O-])CCO1. The molecule has 2 rings (SSSR count). The van der Waals surface area contributed by atoms with Crippen molar-refractivity contribution >= 4 is 11.4 Å². The van der Waals surface area contributed by atoms with E-state index in [1.165, 1.54) is 12.1 Å². The zero-order valence-corrected chi connectivity index (χ0v) is 9.71. The Hall–Kier alpha value is -1.73. The van der Waals surface area contributed by atoms with Crippen LogP contribution in [0.4, 0.5) is 15.8 Å². The fourth-order valence-electron chi connectivity index (χ4n) is 1.99. The molecule has 18 heavy (non-hydrogen) atoms. The first-order chi connectivity index (χ1) is 8.61. The first kappa shape index (κ1) is 12.7. The lowest BCUT2D eigenvalue weighted by Crippen LogP contribution is -2.45. The Balaban J connectivity index is 2.29. The molecule has 0 saturated carbocycles. The molecule has 1 aromatic carbocycles. The van der Waals surface area contributed by atoms with Crippen molar-refractivity contribution in [3.8, 4) is 0 Å². The number of ether oxygens (including phenoxy) is 1. The average Bonchev–Trinajstić information content (AvgIpc) is 2.38. The summed E-state index contributed by atoms with van der Waals surface area (Å²) in [4.78, 5) is 12.2. The van der Waals surface area contributed by atoms with Crippen molar-refractivity contribution in [2.75, 3.05) is 31.1 Å². The molecular formula is C11H14FN3O3. The number of benzene rings is 1. The van der Waals surface area contributed by atoms with Gasteiger partial charge in [0.05, 0.1) is 23.7 Å². The number of hydrogen-bond acceptors (Lipinski definition) is 5. The summed E-state index contributed by atoms with van der Waals surface area (Å²) in [6, 6.07) is 3.57. The van der Waals surface area contributed by atoms with Gasteiger partial charge in [0.25, 0.3) is 5.69 Å². The number of nitro benzene ring substituents is 1. The molecule has 1 aliphatic heterocycles. The minimum Gasteiger partial charge on any atom is -0.373 e. The van der Waals surface area contributed by atoms with Crippen molar-refractivity contribution in [2.45, 2.75) is 6.10 Å². The molecule has 1 heterocycles. The molecule has 2 N–H and O–H groups in total. The Labute approximate surface area is 103 Å². The van der Waals surface area contributed by atoms with Gasteiger partial charge < -0.3 is 15.4 Å². The molecule has 0 radical (unpaired) electrons. The molecule has 1 aliphatic rings. The standard InChI is InChI=1S/C11H14FN3O3/c12-8-1-2-10(11(5-8)15(16)17)14-3-4-18-9(6-13)7-14/h1-2,5,9H,3-4,6-7,13H2. The molecule has 7 heteroatoms. The molecule has 1 aromatic rings. The summed E-state index contributed by atoms with van der Waals surface area (Å²) in [5.74, 6) is -0.617. The molecule has 1 saturated heterocycles. The van der Waals surface area contributed by atoms with Crippen LogP contribution >= 0.6 is 0 Å². The van der Waals surface area contributed by atoms with Gasteiger partial charge in [0.2, 0.25) is 0 Å². The summed E-state index contributed by atoms with van der Waals surface area (Å²) in [6.45, 7) is 1.81. The monoisotopic (exact) mass is 255 g/mol. The predicted octanol–water partition coefficient (Wildman–Crippen LogP) is 0.898. The van der Waals surface area contributed by atoms with Gasteiger partial charge in [0.1, 0.15) is 11.5 Å². The molecule has 98 valence electrons. The van der Waals surface area contributed by atoms with Crippen LogP contribution in [0.2, 0.25) is 0 Å². The lowest BCUT2D eigenvalue weighted by atomic mass is 10.2. The summed E-state index contributed by atoms with van der Waals surface area (Å²) in [5.41, 5.74) is 5.70. The highest BCUT2D eigenvalue weighted by atomic mass is 19.1. The van der Waals surface area contributed by atoms with Gasteiger partial charge in [-0.3, -0.25) is 10.1 Å². The van der Waals surface area contributed by atoms with Crippen LogP contribution in [0, 0.1) is 15.9 Å². The second-order valence-corrected chi connectivity index (χ2v) is 4.06. The van der Waals surface area contributed by atoms with E-state index in [2.05, 4.69) is 0 Å². The minimum absolute atomic E-state index is 0.150. The van der Waals surface area contributed by atoms with Gasteiger partial charge in [-0.15, -0.1) is 0 Å². The first-order valence-electron chi connectivity index (χ1n) is 5.62. The van der Waals surface area contributed by atoms with Crippen molar-refractivity contribution in [3.05, 3.63) is 34.1 Å². The number of nitro groups is 1. The maximum Gasteiger partial charge on any atom is 0.295 e. The Morgan fingerprint density at radius 3 is 3.06 bits per heavy atom. The fourth-order valence-corrected chi connectivity index (χ4v) is 1.99. The molecule has 0 spiro atoms. The van der Waals surface area contributed by atoms with Crippen molar-refractivity contribution in [1.29, 1.82) is 0 Å². The van der Waals surface area contributed by atoms with Gasteiger partial charge in [-0.1, -0.05) is 0 Å². The lowest BCUT2D eigenvalue weighted by Gasteiger charge is -2.33. The van der Waals surface area contributed by atoms with Crippen LogP contribution in [0.15, 0.2) is 18.2 Å². The molecule has 1 fully saturated rings. The molecule has 0 amide bonds. The van der Waals surface area contributed by atoms with E-state index in [-0.39, 0.29) is 11.8 Å². The van der Waals surface area contributed by atoms with Crippen LogP contribution in [0.25, 0.3) is 0 Å². The number of anilines is 1. The molecule has 1 atom stereocenters. The highest BCUT2D eigenvalue weighted by molar-refractivity contribution is 5.63. The van der Waals surface area contributed by atoms with Crippen LogP contribution in [-0.2, 0) is 4.74 Å². The van der Waals surface area contributed by atoms with Crippen molar-refractivity contribution < 1.29 is 14.1 Å². The average molecular weight is 255 g/mol. The van der Waals surface area contributed by atoms with Gasteiger partial charge in [-0.05, 0) is 12.1 Å². The van der Waals surface area contributed by atoms with E-state index < -0.39 is 10.7 Å². The number of nitrogens with two attached hydrogens (primary N) is 1. The third kappa shape index (κ3) is 2.57. The predicted molar refractivity (Wildman–Crippen MR) is 64.1 cm³/mol. The Morgan fingerprint density at radius 1 is 1.61 bits per heavy atom. The van der Waals surface area contributed by atoms with Crippen molar-refractivity contribution in [2.24, 2.45) is 5.73 Å². The number of hydrogen-bond donors (Lipinski definition) is 1. The number of nitrogens with zero attached hydrogens (tertiary/aromatic N) is 2. The maximum absolute atomic E-state index is 13.0. The lowest BCUT2D eigenvalue weighted by molar-refractivity contribution is -0.384. The van der Waals surface area contributed by atoms with E-state index in [4.69, 9.17) is 10.5 Å². The molecule has 0 bridgehead atoms. The zero-order valence-electron chi connectivity index (χ0n) is 9.71. The molecular weight excluding hydrogens is 241 g/mol. The van der Waals surface area contributed by atoms with Gasteiger partial charge >= 0.3 is 0 Å².